The van der Waals surface area contributed by atoms with Gasteiger partial charge in [-0.3, -0.25) is 0 Å². The SMILES string of the molecule is Nc1ccc(CCNc2ccc(S(N)(=O)=O)cn2)cc1. The zero-order chi connectivity index (χ0) is 14.6. The van der Waals surface area contributed by atoms with Crippen molar-refractivity contribution in [1.82, 2.24) is 4.98 Å². The molecule has 0 fully saturated rings. The monoisotopic (exact) mass is 292 g/mol. The van der Waals surface area contributed by atoms with Gasteiger partial charge < -0.3 is 11.1 Å². The molecule has 0 spiro atoms. The fourth-order valence-corrected chi connectivity index (χ4v) is 2.13. The summed E-state index contributed by atoms with van der Waals surface area (Å²) >= 11 is 0. The molecule has 1 aromatic heterocycles. The Balaban J connectivity index is 1.90. The second kappa shape index (κ2) is 5.89. The van der Waals surface area contributed by atoms with Crippen LogP contribution in [-0.2, 0) is 16.4 Å². The molecule has 106 valence electrons. The first-order valence-corrected chi connectivity index (χ1v) is 7.57. The standard InChI is InChI=1S/C13H16N4O2S/c14-11-3-1-10(2-4-11)7-8-16-13-6-5-12(9-17-13)20(15,18)19/h1-6,9H,7-8,14H2,(H,16,17)(H2,15,18,19). The number of aromatic nitrogens is 1. The van der Waals surface area contributed by atoms with Crippen LogP contribution in [0.4, 0.5) is 11.5 Å². The third-order valence-corrected chi connectivity index (χ3v) is 3.66. The first-order valence-electron chi connectivity index (χ1n) is 6.02. The summed E-state index contributed by atoms with van der Waals surface area (Å²) in [7, 11) is -3.69. The predicted octanol–water partition coefficient (Wildman–Crippen LogP) is 0.966. The third kappa shape index (κ3) is 3.94. The summed E-state index contributed by atoms with van der Waals surface area (Å²) in [5.74, 6) is 0.604. The molecule has 0 aliphatic rings. The number of primary sulfonamides is 1. The van der Waals surface area contributed by atoms with Crippen LogP contribution < -0.4 is 16.2 Å². The van der Waals surface area contributed by atoms with Gasteiger partial charge in [-0.15, -0.1) is 0 Å². The van der Waals surface area contributed by atoms with Crippen LogP contribution in [0.5, 0.6) is 0 Å². The zero-order valence-electron chi connectivity index (χ0n) is 10.8. The minimum Gasteiger partial charge on any atom is -0.399 e. The van der Waals surface area contributed by atoms with Crippen molar-refractivity contribution < 1.29 is 8.42 Å². The van der Waals surface area contributed by atoms with Crippen LogP contribution >= 0.6 is 0 Å². The molecule has 2 rings (SSSR count). The van der Waals surface area contributed by atoms with Gasteiger partial charge >= 0.3 is 0 Å². The van der Waals surface area contributed by atoms with E-state index in [1.54, 1.807) is 6.07 Å². The van der Waals surface area contributed by atoms with Crippen molar-refractivity contribution in [2.24, 2.45) is 5.14 Å². The molecule has 0 atom stereocenters. The summed E-state index contributed by atoms with van der Waals surface area (Å²) in [5.41, 5.74) is 7.51. The van der Waals surface area contributed by atoms with E-state index in [4.69, 9.17) is 10.9 Å². The highest BCUT2D eigenvalue weighted by Gasteiger charge is 2.07. The van der Waals surface area contributed by atoms with Crippen molar-refractivity contribution in [2.75, 3.05) is 17.6 Å². The topological polar surface area (TPSA) is 111 Å². The summed E-state index contributed by atoms with van der Waals surface area (Å²) in [4.78, 5) is 4.00. The summed E-state index contributed by atoms with van der Waals surface area (Å²) in [6.45, 7) is 0.686. The Hall–Kier alpha value is -2.12. The summed E-state index contributed by atoms with van der Waals surface area (Å²) in [6, 6.07) is 10.7. The average molecular weight is 292 g/mol. The summed E-state index contributed by atoms with van der Waals surface area (Å²) in [5, 5.41) is 8.11. The maximum Gasteiger partial charge on any atom is 0.239 e. The van der Waals surface area contributed by atoms with Crippen LogP contribution in [0.2, 0.25) is 0 Å². The lowest BCUT2D eigenvalue weighted by Crippen LogP contribution is -2.13. The van der Waals surface area contributed by atoms with Gasteiger partial charge in [-0.05, 0) is 36.2 Å². The van der Waals surface area contributed by atoms with Gasteiger partial charge in [0.2, 0.25) is 10.0 Å². The van der Waals surface area contributed by atoms with Crippen LogP contribution in [0.25, 0.3) is 0 Å². The van der Waals surface area contributed by atoms with Crippen molar-refractivity contribution in [3.63, 3.8) is 0 Å². The van der Waals surface area contributed by atoms with Gasteiger partial charge in [0.05, 0.1) is 0 Å². The number of sulfonamides is 1. The number of hydrogen-bond donors (Lipinski definition) is 3. The van der Waals surface area contributed by atoms with Gasteiger partial charge in [0.25, 0.3) is 0 Å². The minimum atomic E-state index is -3.69. The molecule has 0 bridgehead atoms. The van der Waals surface area contributed by atoms with Crippen LogP contribution in [0.1, 0.15) is 5.56 Å². The summed E-state index contributed by atoms with van der Waals surface area (Å²) < 4.78 is 22.2. The van der Waals surface area contributed by atoms with E-state index in [2.05, 4.69) is 10.3 Å². The molecule has 0 unspecified atom stereocenters. The lowest BCUT2D eigenvalue weighted by atomic mass is 10.1. The number of nitrogen functional groups attached to an aromatic ring is 1. The Morgan fingerprint density at radius 1 is 1.10 bits per heavy atom. The fourth-order valence-electron chi connectivity index (χ4n) is 1.67. The maximum absolute atomic E-state index is 11.1. The number of nitrogens with one attached hydrogen (secondary N) is 1. The van der Waals surface area contributed by atoms with Crippen molar-refractivity contribution in [3.8, 4) is 0 Å². The predicted molar refractivity (Wildman–Crippen MR) is 78.7 cm³/mol. The molecule has 1 aromatic carbocycles. The molecule has 20 heavy (non-hydrogen) atoms. The molecule has 6 nitrogen and oxygen atoms in total. The molecule has 0 saturated carbocycles. The van der Waals surface area contributed by atoms with E-state index in [9.17, 15) is 8.42 Å². The van der Waals surface area contributed by atoms with Crippen LogP contribution in [0, 0.1) is 0 Å². The van der Waals surface area contributed by atoms with Crippen LogP contribution in [0.3, 0.4) is 0 Å². The fraction of sp³-hybridized carbons (Fsp3) is 0.154. The number of hydrogen-bond acceptors (Lipinski definition) is 5. The van der Waals surface area contributed by atoms with Gasteiger partial charge in [0.1, 0.15) is 10.7 Å². The minimum absolute atomic E-state index is 0.00147. The van der Waals surface area contributed by atoms with Crippen LogP contribution in [0.15, 0.2) is 47.5 Å². The Kier molecular flexibility index (Phi) is 4.21. The zero-order valence-corrected chi connectivity index (χ0v) is 11.6. The molecule has 0 radical (unpaired) electrons. The van der Waals surface area contributed by atoms with E-state index in [0.29, 0.717) is 12.4 Å². The number of nitrogens with zero attached hydrogens (tertiary/aromatic N) is 1. The lowest BCUT2D eigenvalue weighted by molar-refractivity contribution is 0.597. The summed E-state index contributed by atoms with van der Waals surface area (Å²) in [6.07, 6.45) is 2.06. The van der Waals surface area contributed by atoms with Crippen molar-refractivity contribution in [1.29, 1.82) is 0 Å². The van der Waals surface area contributed by atoms with Gasteiger partial charge in [-0.2, -0.15) is 0 Å². The Morgan fingerprint density at radius 2 is 1.80 bits per heavy atom. The first-order chi connectivity index (χ1) is 9.45. The molecule has 1 heterocycles. The molecular formula is C13H16N4O2S. The lowest BCUT2D eigenvalue weighted by Gasteiger charge is -2.06. The second-order valence-electron chi connectivity index (χ2n) is 4.34. The number of anilines is 2. The van der Waals surface area contributed by atoms with Gasteiger partial charge in [-0.1, -0.05) is 12.1 Å². The number of nitrogens with two attached hydrogens (primary N) is 2. The van der Waals surface area contributed by atoms with Crippen molar-refractivity contribution in [3.05, 3.63) is 48.2 Å². The largest absolute Gasteiger partial charge is 0.399 e. The number of benzene rings is 1. The first kappa shape index (κ1) is 14.3. The Labute approximate surface area is 117 Å². The van der Waals surface area contributed by atoms with Gasteiger partial charge in [0, 0.05) is 18.4 Å². The highest BCUT2D eigenvalue weighted by Crippen LogP contribution is 2.10. The molecule has 7 heteroatoms. The molecule has 0 aliphatic heterocycles. The van der Waals surface area contributed by atoms with E-state index >= 15 is 0 Å². The highest BCUT2D eigenvalue weighted by molar-refractivity contribution is 7.89. The van der Waals surface area contributed by atoms with Crippen molar-refractivity contribution >= 4 is 21.5 Å². The molecule has 5 N–H and O–H groups in total. The molecule has 0 saturated heterocycles. The third-order valence-electron chi connectivity index (χ3n) is 2.76. The average Bonchev–Trinajstić information content (AvgIpc) is 2.41. The van der Waals surface area contributed by atoms with E-state index < -0.39 is 10.0 Å². The Morgan fingerprint density at radius 3 is 2.35 bits per heavy atom. The molecule has 0 amide bonds. The van der Waals surface area contributed by atoms with Gasteiger partial charge in [0.15, 0.2) is 0 Å². The quantitative estimate of drug-likeness (QED) is 0.711. The van der Waals surface area contributed by atoms with Crippen molar-refractivity contribution in [2.45, 2.75) is 11.3 Å². The van der Waals surface area contributed by atoms with Crippen LogP contribution in [-0.4, -0.2) is 19.9 Å². The highest BCUT2D eigenvalue weighted by atomic mass is 32.2. The van der Waals surface area contributed by atoms with E-state index in [-0.39, 0.29) is 4.90 Å². The van der Waals surface area contributed by atoms with E-state index in [1.165, 1.54) is 12.3 Å². The molecule has 0 aliphatic carbocycles. The van der Waals surface area contributed by atoms with E-state index in [1.807, 2.05) is 24.3 Å². The molecular weight excluding hydrogens is 276 g/mol. The normalized spacial score (nSPS) is 11.2. The second-order valence-corrected chi connectivity index (χ2v) is 5.90. The number of pyridine rings is 1. The maximum atomic E-state index is 11.1. The Bertz CT molecular complexity index is 667. The molecule has 2 aromatic rings. The van der Waals surface area contributed by atoms with Gasteiger partial charge in [-0.25, -0.2) is 18.5 Å². The smallest absolute Gasteiger partial charge is 0.239 e. The van der Waals surface area contributed by atoms with E-state index in [0.717, 1.165) is 17.7 Å². The number of rotatable bonds is 5.